The van der Waals surface area contributed by atoms with Crippen LogP contribution in [-0.4, -0.2) is 48.6 Å². The largest absolute Gasteiger partial charge is 0.396 e. The van der Waals surface area contributed by atoms with Gasteiger partial charge in [-0.05, 0) is 0 Å². The molecule has 0 saturated carbocycles. The third-order valence-electron chi connectivity index (χ3n) is 2.71. The maximum atomic E-state index is 11.9. The molecule has 0 bridgehead atoms. The fourth-order valence-electron chi connectivity index (χ4n) is 1.73. The Labute approximate surface area is 110 Å². The number of nitrogen functional groups attached to an aromatic ring is 1. The number of carbonyl (C=O) groups excluding carboxylic acids is 1. The zero-order valence-electron chi connectivity index (χ0n) is 9.86. The minimum Gasteiger partial charge on any atom is -0.396 e. The van der Waals surface area contributed by atoms with Crippen molar-refractivity contribution in [3.63, 3.8) is 0 Å². The van der Waals surface area contributed by atoms with Gasteiger partial charge in [0, 0.05) is 19.3 Å². The summed E-state index contributed by atoms with van der Waals surface area (Å²) in [5.74, 6) is 0.00517. The highest BCUT2D eigenvalue weighted by atomic mass is 35.5. The molecule has 3 N–H and O–H groups in total. The maximum Gasteiger partial charge on any atom is 0.242 e. The third kappa shape index (κ3) is 3.02. The molecule has 7 heteroatoms. The average Bonchev–Trinajstić information content (AvgIpc) is 2.39. The van der Waals surface area contributed by atoms with E-state index in [0.717, 1.165) is 0 Å². The summed E-state index contributed by atoms with van der Waals surface area (Å²) >= 11 is 5.95. The van der Waals surface area contributed by atoms with Crippen molar-refractivity contribution in [1.29, 1.82) is 0 Å². The first kappa shape index (κ1) is 12.9. The molecule has 98 valence electrons. The molecule has 0 aliphatic carbocycles. The summed E-state index contributed by atoms with van der Waals surface area (Å²) in [6.45, 7) is 2.59. The molecule has 0 atom stereocenters. The van der Waals surface area contributed by atoms with E-state index < -0.39 is 0 Å². The molecule has 0 spiro atoms. The minimum absolute atomic E-state index is 0.00517. The summed E-state index contributed by atoms with van der Waals surface area (Å²) in [4.78, 5) is 17.5. The number of anilines is 2. The topological polar surface area (TPSA) is 80.5 Å². The first-order valence-electron chi connectivity index (χ1n) is 5.67. The summed E-state index contributed by atoms with van der Waals surface area (Å²) in [7, 11) is 0. The molecular formula is C11H15ClN4O2. The van der Waals surface area contributed by atoms with Gasteiger partial charge in [-0.25, -0.2) is 0 Å². The zero-order chi connectivity index (χ0) is 13.0. The Bertz CT molecular complexity index is 415. The molecule has 1 amide bonds. The van der Waals surface area contributed by atoms with Crippen LogP contribution in [0, 0.1) is 0 Å². The molecule has 0 unspecified atom stereocenters. The van der Waals surface area contributed by atoms with Gasteiger partial charge in [-0.2, -0.15) is 0 Å². The molecule has 0 radical (unpaired) electrons. The van der Waals surface area contributed by atoms with E-state index in [-0.39, 0.29) is 12.5 Å². The number of amides is 1. The summed E-state index contributed by atoms with van der Waals surface area (Å²) in [5, 5.41) is 3.36. The van der Waals surface area contributed by atoms with E-state index in [1.807, 2.05) is 0 Å². The third-order valence-corrected chi connectivity index (χ3v) is 3.00. The number of pyridine rings is 1. The number of rotatable bonds is 3. The highest BCUT2D eigenvalue weighted by Crippen LogP contribution is 2.26. The van der Waals surface area contributed by atoms with Crippen LogP contribution in [0.1, 0.15) is 0 Å². The van der Waals surface area contributed by atoms with Crippen LogP contribution in [0.15, 0.2) is 12.4 Å². The lowest BCUT2D eigenvalue weighted by atomic mass is 10.3. The molecule has 1 aromatic rings. The second-order valence-electron chi connectivity index (χ2n) is 3.93. The first-order chi connectivity index (χ1) is 8.68. The Kier molecular flexibility index (Phi) is 4.22. The van der Waals surface area contributed by atoms with Gasteiger partial charge in [0.15, 0.2) is 0 Å². The number of hydrogen-bond donors (Lipinski definition) is 2. The summed E-state index contributed by atoms with van der Waals surface area (Å²) in [6.07, 6.45) is 2.98. The van der Waals surface area contributed by atoms with Gasteiger partial charge in [-0.3, -0.25) is 9.78 Å². The minimum atomic E-state index is 0.00517. The molecule has 1 fully saturated rings. The smallest absolute Gasteiger partial charge is 0.242 e. The predicted octanol–water partition coefficient (Wildman–Crippen LogP) is 0.588. The van der Waals surface area contributed by atoms with Crippen molar-refractivity contribution in [1.82, 2.24) is 9.88 Å². The Balaban J connectivity index is 1.92. The van der Waals surface area contributed by atoms with E-state index in [9.17, 15) is 4.79 Å². The average molecular weight is 271 g/mol. The van der Waals surface area contributed by atoms with Gasteiger partial charge >= 0.3 is 0 Å². The Hall–Kier alpha value is -1.53. The lowest BCUT2D eigenvalue weighted by molar-refractivity contribution is -0.133. The number of ether oxygens (including phenoxy) is 1. The SMILES string of the molecule is Nc1cncc(Cl)c1NCC(=O)N1CCOCC1. The van der Waals surface area contributed by atoms with Crippen LogP contribution in [0.25, 0.3) is 0 Å². The van der Waals surface area contributed by atoms with E-state index in [1.54, 1.807) is 4.90 Å². The fraction of sp³-hybridized carbons (Fsp3) is 0.455. The second kappa shape index (κ2) is 5.88. The van der Waals surface area contributed by atoms with Crippen LogP contribution in [0.2, 0.25) is 5.02 Å². The number of morpholine rings is 1. The summed E-state index contributed by atoms with van der Waals surface area (Å²) < 4.78 is 5.19. The number of nitrogens with two attached hydrogens (primary N) is 1. The van der Waals surface area contributed by atoms with Gasteiger partial charge in [0.2, 0.25) is 5.91 Å². The van der Waals surface area contributed by atoms with Gasteiger partial charge < -0.3 is 20.7 Å². The summed E-state index contributed by atoms with van der Waals surface area (Å²) in [5.41, 5.74) is 6.71. The monoisotopic (exact) mass is 270 g/mol. The van der Waals surface area contributed by atoms with Crippen LogP contribution in [0.4, 0.5) is 11.4 Å². The van der Waals surface area contributed by atoms with E-state index in [0.29, 0.717) is 42.7 Å². The Morgan fingerprint density at radius 3 is 2.89 bits per heavy atom. The van der Waals surface area contributed by atoms with Gasteiger partial charge in [0.1, 0.15) is 0 Å². The van der Waals surface area contributed by atoms with Crippen molar-refractivity contribution in [2.45, 2.75) is 0 Å². The van der Waals surface area contributed by atoms with Crippen LogP contribution in [-0.2, 0) is 9.53 Å². The normalized spacial score (nSPS) is 15.5. The molecule has 18 heavy (non-hydrogen) atoms. The van der Waals surface area contributed by atoms with Crippen LogP contribution >= 0.6 is 11.6 Å². The van der Waals surface area contributed by atoms with E-state index in [4.69, 9.17) is 22.1 Å². The second-order valence-corrected chi connectivity index (χ2v) is 4.34. The highest BCUT2D eigenvalue weighted by Gasteiger charge is 2.17. The summed E-state index contributed by atoms with van der Waals surface area (Å²) in [6, 6.07) is 0. The van der Waals surface area contributed by atoms with Crippen molar-refractivity contribution >= 4 is 28.9 Å². The molecule has 2 rings (SSSR count). The molecule has 6 nitrogen and oxygen atoms in total. The van der Waals surface area contributed by atoms with Crippen molar-refractivity contribution in [3.8, 4) is 0 Å². The van der Waals surface area contributed by atoms with Crippen molar-refractivity contribution in [2.75, 3.05) is 43.9 Å². The highest BCUT2D eigenvalue weighted by molar-refractivity contribution is 6.33. The predicted molar refractivity (Wildman–Crippen MR) is 69.5 cm³/mol. The Morgan fingerprint density at radius 1 is 1.50 bits per heavy atom. The van der Waals surface area contributed by atoms with E-state index in [1.165, 1.54) is 12.4 Å². The van der Waals surface area contributed by atoms with Crippen molar-refractivity contribution in [3.05, 3.63) is 17.4 Å². The molecule has 0 aromatic carbocycles. The van der Waals surface area contributed by atoms with Crippen molar-refractivity contribution < 1.29 is 9.53 Å². The molecule has 1 aromatic heterocycles. The molecular weight excluding hydrogens is 256 g/mol. The molecule has 1 aliphatic rings. The van der Waals surface area contributed by atoms with Crippen molar-refractivity contribution in [2.24, 2.45) is 0 Å². The number of nitrogens with zero attached hydrogens (tertiary/aromatic N) is 2. The Morgan fingerprint density at radius 2 is 2.22 bits per heavy atom. The maximum absolute atomic E-state index is 11.9. The fourth-order valence-corrected chi connectivity index (χ4v) is 1.96. The van der Waals surface area contributed by atoms with Gasteiger partial charge in [0.05, 0.1) is 42.4 Å². The van der Waals surface area contributed by atoms with Gasteiger partial charge in [-0.1, -0.05) is 11.6 Å². The zero-order valence-corrected chi connectivity index (χ0v) is 10.6. The van der Waals surface area contributed by atoms with Gasteiger partial charge in [-0.15, -0.1) is 0 Å². The molecule has 1 aliphatic heterocycles. The lowest BCUT2D eigenvalue weighted by Gasteiger charge is -2.27. The first-order valence-corrected chi connectivity index (χ1v) is 6.04. The quantitative estimate of drug-likeness (QED) is 0.840. The molecule has 1 saturated heterocycles. The van der Waals surface area contributed by atoms with Crippen LogP contribution in [0.5, 0.6) is 0 Å². The van der Waals surface area contributed by atoms with Crippen LogP contribution in [0.3, 0.4) is 0 Å². The van der Waals surface area contributed by atoms with E-state index >= 15 is 0 Å². The molecule has 2 heterocycles. The number of carbonyl (C=O) groups is 1. The van der Waals surface area contributed by atoms with E-state index in [2.05, 4.69) is 10.3 Å². The number of aromatic nitrogens is 1. The standard InChI is InChI=1S/C11H15ClN4O2/c12-8-5-14-6-9(13)11(8)15-7-10(17)16-1-3-18-4-2-16/h5-6H,1-4,7,13H2,(H,14,15). The lowest BCUT2D eigenvalue weighted by Crippen LogP contribution is -2.43. The number of nitrogens with one attached hydrogen (secondary N) is 1. The number of hydrogen-bond acceptors (Lipinski definition) is 5. The van der Waals surface area contributed by atoms with Crippen LogP contribution < -0.4 is 11.1 Å². The van der Waals surface area contributed by atoms with Gasteiger partial charge in [0.25, 0.3) is 0 Å². The number of halogens is 1.